The third kappa shape index (κ3) is 5.72. The lowest BCUT2D eigenvalue weighted by Crippen LogP contribution is -2.46. The maximum atomic E-state index is 12.4. The van der Waals surface area contributed by atoms with E-state index in [1.54, 1.807) is 12.1 Å². The van der Waals surface area contributed by atoms with Gasteiger partial charge < -0.3 is 15.4 Å². The number of nitrogens with one attached hydrogen (secondary N) is 2. The number of carbonyl (C=O) groups excluding carboxylic acids is 2. The first-order valence-electron chi connectivity index (χ1n) is 8.28. The molecule has 0 saturated carbocycles. The Morgan fingerprint density at radius 1 is 1.19 bits per heavy atom. The Balaban J connectivity index is 2.15. The van der Waals surface area contributed by atoms with Crippen molar-refractivity contribution >= 4 is 28.3 Å². The van der Waals surface area contributed by atoms with Gasteiger partial charge in [-0.15, -0.1) is 11.3 Å². The van der Waals surface area contributed by atoms with E-state index in [0.29, 0.717) is 16.4 Å². The van der Waals surface area contributed by atoms with E-state index in [9.17, 15) is 18.4 Å². The van der Waals surface area contributed by atoms with E-state index >= 15 is 0 Å². The normalized spacial score (nSPS) is 12.1. The zero-order valence-electron chi connectivity index (χ0n) is 15.4. The summed E-state index contributed by atoms with van der Waals surface area (Å²) in [5.41, 5.74) is 1.35. The molecule has 9 heteroatoms. The molecule has 0 aliphatic rings. The number of nitrogens with zero attached hydrogens (tertiary/aromatic N) is 1. The van der Waals surface area contributed by atoms with Crippen molar-refractivity contribution in [3.8, 4) is 17.0 Å². The van der Waals surface area contributed by atoms with Gasteiger partial charge in [0.15, 0.2) is 5.13 Å². The molecule has 0 aliphatic heterocycles. The fourth-order valence-electron chi connectivity index (χ4n) is 2.45. The van der Waals surface area contributed by atoms with Gasteiger partial charge in [-0.05, 0) is 37.1 Å². The lowest BCUT2D eigenvalue weighted by atomic mass is 10.0. The highest BCUT2D eigenvalue weighted by Gasteiger charge is 2.24. The smallest absolute Gasteiger partial charge is 0.387 e. The molecular formula is C18H21F2N3O3S. The van der Waals surface area contributed by atoms with Gasteiger partial charge in [-0.2, -0.15) is 8.78 Å². The fraction of sp³-hybridized carbons (Fsp3) is 0.389. The Hall–Kier alpha value is -2.55. The summed E-state index contributed by atoms with van der Waals surface area (Å²) < 4.78 is 28.8. The van der Waals surface area contributed by atoms with Gasteiger partial charge in [0.2, 0.25) is 11.8 Å². The van der Waals surface area contributed by atoms with Crippen LogP contribution in [-0.4, -0.2) is 29.5 Å². The van der Waals surface area contributed by atoms with Crippen molar-refractivity contribution in [3.05, 3.63) is 29.1 Å². The lowest BCUT2D eigenvalue weighted by Gasteiger charge is -2.20. The van der Waals surface area contributed by atoms with Crippen LogP contribution in [0.2, 0.25) is 0 Å². The highest BCUT2D eigenvalue weighted by atomic mass is 32.1. The van der Waals surface area contributed by atoms with Crippen LogP contribution in [0.4, 0.5) is 13.9 Å². The van der Waals surface area contributed by atoms with E-state index in [1.807, 2.05) is 20.8 Å². The minimum absolute atomic E-state index is 0.0604. The Labute approximate surface area is 160 Å². The highest BCUT2D eigenvalue weighted by molar-refractivity contribution is 7.16. The lowest BCUT2D eigenvalue weighted by molar-refractivity contribution is -0.126. The molecule has 0 spiro atoms. The van der Waals surface area contributed by atoms with Crippen molar-refractivity contribution in [1.82, 2.24) is 10.3 Å². The van der Waals surface area contributed by atoms with Gasteiger partial charge in [0.1, 0.15) is 11.8 Å². The van der Waals surface area contributed by atoms with Crippen LogP contribution >= 0.6 is 11.3 Å². The van der Waals surface area contributed by atoms with E-state index < -0.39 is 12.7 Å². The SMILES string of the molecule is CC(=O)NC(C(=O)Nc1nc(-c2ccc(OC(F)F)cc2)c(C)s1)C(C)C. The first-order chi connectivity index (χ1) is 12.7. The van der Waals surface area contributed by atoms with Crippen molar-refractivity contribution in [3.63, 3.8) is 0 Å². The molecule has 2 amide bonds. The number of alkyl halides is 2. The molecule has 0 saturated heterocycles. The molecular weight excluding hydrogens is 376 g/mol. The molecule has 6 nitrogen and oxygen atoms in total. The van der Waals surface area contributed by atoms with E-state index in [0.717, 1.165) is 4.88 Å². The summed E-state index contributed by atoms with van der Waals surface area (Å²) in [6.07, 6.45) is 0. The number of thiazole rings is 1. The Kier molecular flexibility index (Phi) is 6.84. The quantitative estimate of drug-likeness (QED) is 0.744. The van der Waals surface area contributed by atoms with E-state index in [2.05, 4.69) is 20.4 Å². The second kappa shape index (κ2) is 8.90. The predicted molar refractivity (Wildman–Crippen MR) is 100.0 cm³/mol. The van der Waals surface area contributed by atoms with Crippen LogP contribution in [0.3, 0.4) is 0 Å². The summed E-state index contributed by atoms with van der Waals surface area (Å²) in [6, 6.07) is 5.45. The fourth-order valence-corrected chi connectivity index (χ4v) is 3.29. The topological polar surface area (TPSA) is 80.3 Å². The molecule has 1 aromatic carbocycles. The minimum Gasteiger partial charge on any atom is -0.435 e. The maximum Gasteiger partial charge on any atom is 0.387 e. The molecule has 27 heavy (non-hydrogen) atoms. The van der Waals surface area contributed by atoms with Gasteiger partial charge in [0, 0.05) is 17.4 Å². The number of amides is 2. The van der Waals surface area contributed by atoms with Crippen molar-refractivity contribution in [1.29, 1.82) is 0 Å². The zero-order valence-corrected chi connectivity index (χ0v) is 16.2. The molecule has 0 radical (unpaired) electrons. The molecule has 146 valence electrons. The summed E-state index contributed by atoms with van der Waals surface area (Å²) in [5.74, 6) is -0.658. The number of aromatic nitrogens is 1. The van der Waals surface area contributed by atoms with Crippen molar-refractivity contribution in [2.75, 3.05) is 5.32 Å². The Bertz CT molecular complexity index is 807. The van der Waals surface area contributed by atoms with Crippen LogP contribution in [0.1, 0.15) is 25.6 Å². The number of hydrogen-bond donors (Lipinski definition) is 2. The second-order valence-corrected chi connectivity index (χ2v) is 7.44. The van der Waals surface area contributed by atoms with Crippen LogP contribution in [0.25, 0.3) is 11.3 Å². The third-order valence-corrected chi connectivity index (χ3v) is 4.57. The van der Waals surface area contributed by atoms with Gasteiger partial charge in [-0.1, -0.05) is 13.8 Å². The Morgan fingerprint density at radius 3 is 2.33 bits per heavy atom. The monoisotopic (exact) mass is 397 g/mol. The molecule has 0 fully saturated rings. The van der Waals surface area contributed by atoms with Gasteiger partial charge in [-0.3, -0.25) is 9.59 Å². The van der Waals surface area contributed by atoms with E-state index in [1.165, 1.54) is 30.4 Å². The molecule has 0 bridgehead atoms. The average Bonchev–Trinajstić information content (AvgIpc) is 2.92. The molecule has 1 aromatic heterocycles. The number of ether oxygens (including phenoxy) is 1. The summed E-state index contributed by atoms with van der Waals surface area (Å²) in [4.78, 5) is 29.0. The van der Waals surface area contributed by atoms with Crippen molar-refractivity contribution in [2.45, 2.75) is 40.3 Å². The largest absolute Gasteiger partial charge is 0.435 e. The molecule has 1 atom stereocenters. The van der Waals surface area contributed by atoms with Crippen LogP contribution < -0.4 is 15.4 Å². The van der Waals surface area contributed by atoms with Gasteiger partial charge >= 0.3 is 6.61 Å². The van der Waals surface area contributed by atoms with E-state index in [-0.39, 0.29) is 23.5 Å². The van der Waals surface area contributed by atoms with Gasteiger partial charge in [0.25, 0.3) is 0 Å². The number of anilines is 1. The van der Waals surface area contributed by atoms with E-state index in [4.69, 9.17) is 0 Å². The molecule has 2 rings (SSSR count). The van der Waals surface area contributed by atoms with Crippen LogP contribution in [0, 0.1) is 12.8 Å². The molecule has 2 aromatic rings. The zero-order chi connectivity index (χ0) is 20.1. The van der Waals surface area contributed by atoms with Crippen LogP contribution in [-0.2, 0) is 9.59 Å². The summed E-state index contributed by atoms with van der Waals surface area (Å²) in [6.45, 7) is 4.00. The highest BCUT2D eigenvalue weighted by Crippen LogP contribution is 2.31. The van der Waals surface area contributed by atoms with Crippen molar-refractivity contribution < 1.29 is 23.1 Å². The summed E-state index contributed by atoms with van der Waals surface area (Å²) in [5, 5.41) is 5.75. The minimum atomic E-state index is -2.88. The third-order valence-electron chi connectivity index (χ3n) is 3.69. The second-order valence-electron chi connectivity index (χ2n) is 6.24. The first kappa shape index (κ1) is 20.8. The van der Waals surface area contributed by atoms with Crippen molar-refractivity contribution in [2.24, 2.45) is 5.92 Å². The van der Waals surface area contributed by atoms with Crippen LogP contribution in [0.15, 0.2) is 24.3 Å². The number of carbonyl (C=O) groups is 2. The number of aryl methyl sites for hydroxylation is 1. The summed E-state index contributed by atoms with van der Waals surface area (Å²) in [7, 11) is 0. The predicted octanol–water partition coefficient (Wildman–Crippen LogP) is 3.82. The van der Waals surface area contributed by atoms with Gasteiger partial charge in [0.05, 0.1) is 5.69 Å². The standard InChI is InChI=1S/C18H21F2N3O3S/c1-9(2)14(21-11(4)24)16(25)23-18-22-15(10(3)27-18)12-5-7-13(8-6-12)26-17(19)20/h5-9,14,17H,1-4H3,(H,21,24)(H,22,23,25). The van der Waals surface area contributed by atoms with Gasteiger partial charge in [-0.25, -0.2) is 4.98 Å². The molecule has 2 N–H and O–H groups in total. The number of benzene rings is 1. The maximum absolute atomic E-state index is 12.4. The first-order valence-corrected chi connectivity index (χ1v) is 9.09. The molecule has 0 aliphatic carbocycles. The number of rotatable bonds is 7. The molecule has 1 heterocycles. The average molecular weight is 397 g/mol. The number of hydrogen-bond acceptors (Lipinski definition) is 5. The summed E-state index contributed by atoms with van der Waals surface area (Å²) >= 11 is 1.29. The Morgan fingerprint density at radius 2 is 1.81 bits per heavy atom. The van der Waals surface area contributed by atoms with Crippen LogP contribution in [0.5, 0.6) is 5.75 Å². The molecule has 1 unspecified atom stereocenters. The number of halogens is 2.